The summed E-state index contributed by atoms with van der Waals surface area (Å²) in [5, 5.41) is 10.2. The predicted octanol–water partition coefficient (Wildman–Crippen LogP) is 3.36. The maximum absolute atomic E-state index is 13.9. The van der Waals surface area contributed by atoms with E-state index in [0.29, 0.717) is 16.9 Å². The molecule has 0 aliphatic carbocycles. The van der Waals surface area contributed by atoms with Crippen molar-refractivity contribution in [2.45, 2.75) is 13.0 Å². The van der Waals surface area contributed by atoms with Crippen molar-refractivity contribution in [3.05, 3.63) is 64.7 Å². The largest absolute Gasteiger partial charge is 0.497 e. The molecule has 0 saturated carbocycles. The Kier molecular flexibility index (Phi) is 3.81. The second kappa shape index (κ2) is 5.36. The number of halogens is 2. The molecular weight excluding hydrogens is 250 g/mol. The highest BCUT2D eigenvalue weighted by atomic mass is 19.1. The predicted molar refractivity (Wildman–Crippen MR) is 68.2 cm³/mol. The average Bonchev–Trinajstić information content (AvgIpc) is 2.43. The molecule has 1 atom stereocenters. The van der Waals surface area contributed by atoms with Gasteiger partial charge in [0.05, 0.1) is 12.7 Å². The van der Waals surface area contributed by atoms with Crippen LogP contribution in [0.15, 0.2) is 36.4 Å². The number of hydrogen-bond acceptors (Lipinski definition) is 2. The first-order valence-electron chi connectivity index (χ1n) is 5.81. The number of methoxy groups -OCH3 is 1. The summed E-state index contributed by atoms with van der Waals surface area (Å²) < 4.78 is 32.7. The van der Waals surface area contributed by atoms with E-state index < -0.39 is 17.7 Å². The lowest BCUT2D eigenvalue weighted by Crippen LogP contribution is -2.07. The zero-order chi connectivity index (χ0) is 14.0. The average molecular weight is 264 g/mol. The van der Waals surface area contributed by atoms with Gasteiger partial charge in [0, 0.05) is 0 Å². The van der Waals surface area contributed by atoms with Gasteiger partial charge in [-0.1, -0.05) is 18.2 Å². The molecule has 0 spiro atoms. The van der Waals surface area contributed by atoms with E-state index in [1.807, 2.05) is 0 Å². The highest BCUT2D eigenvalue weighted by molar-refractivity contribution is 5.38. The van der Waals surface area contributed by atoms with Gasteiger partial charge in [-0.3, -0.25) is 0 Å². The van der Waals surface area contributed by atoms with Gasteiger partial charge < -0.3 is 9.84 Å². The van der Waals surface area contributed by atoms with Crippen molar-refractivity contribution < 1.29 is 18.6 Å². The van der Waals surface area contributed by atoms with E-state index in [-0.39, 0.29) is 5.56 Å². The number of ether oxygens (including phenoxy) is 1. The van der Waals surface area contributed by atoms with Crippen LogP contribution in [0.2, 0.25) is 0 Å². The minimum atomic E-state index is -1.37. The van der Waals surface area contributed by atoms with Crippen LogP contribution in [0.5, 0.6) is 5.75 Å². The van der Waals surface area contributed by atoms with E-state index in [1.54, 1.807) is 24.3 Å². The van der Waals surface area contributed by atoms with Crippen molar-refractivity contribution in [2.24, 2.45) is 0 Å². The molecule has 4 heteroatoms. The van der Waals surface area contributed by atoms with Crippen molar-refractivity contribution in [3.8, 4) is 5.75 Å². The molecule has 2 aromatic carbocycles. The molecule has 0 aromatic heterocycles. The van der Waals surface area contributed by atoms with Gasteiger partial charge >= 0.3 is 0 Å². The molecule has 2 rings (SSSR count). The van der Waals surface area contributed by atoms with Crippen LogP contribution in [-0.2, 0) is 0 Å². The van der Waals surface area contributed by atoms with Crippen molar-refractivity contribution in [2.75, 3.05) is 7.11 Å². The van der Waals surface area contributed by atoms with Crippen molar-refractivity contribution in [3.63, 3.8) is 0 Å². The number of aliphatic hydroxyl groups is 1. The van der Waals surface area contributed by atoms with Gasteiger partial charge in [0.2, 0.25) is 0 Å². The highest BCUT2D eigenvalue weighted by Crippen LogP contribution is 2.29. The lowest BCUT2D eigenvalue weighted by molar-refractivity contribution is 0.208. The molecule has 0 aliphatic rings. The van der Waals surface area contributed by atoms with E-state index in [2.05, 4.69) is 0 Å². The van der Waals surface area contributed by atoms with Gasteiger partial charge in [-0.15, -0.1) is 0 Å². The molecule has 0 heterocycles. The maximum atomic E-state index is 13.9. The summed E-state index contributed by atoms with van der Waals surface area (Å²) >= 11 is 0. The fourth-order valence-corrected chi connectivity index (χ4v) is 1.91. The smallest absolute Gasteiger partial charge is 0.135 e. The molecule has 0 aliphatic heterocycles. The Labute approximate surface area is 110 Å². The molecule has 2 aromatic rings. The Morgan fingerprint density at radius 2 is 1.89 bits per heavy atom. The topological polar surface area (TPSA) is 29.5 Å². The third-order valence-corrected chi connectivity index (χ3v) is 3.00. The number of hydrogen-bond donors (Lipinski definition) is 1. The van der Waals surface area contributed by atoms with Gasteiger partial charge in [0.25, 0.3) is 0 Å². The number of benzene rings is 2. The highest BCUT2D eigenvalue weighted by Gasteiger charge is 2.21. The minimum absolute atomic E-state index is 0.290. The van der Waals surface area contributed by atoms with Crippen LogP contribution < -0.4 is 4.74 Å². The zero-order valence-corrected chi connectivity index (χ0v) is 10.7. The van der Waals surface area contributed by atoms with Crippen LogP contribution in [0.3, 0.4) is 0 Å². The molecule has 1 unspecified atom stereocenters. The quantitative estimate of drug-likeness (QED) is 0.921. The SMILES string of the molecule is COc1cccc(C(O)c2c(F)ccc(C)c2F)c1. The van der Waals surface area contributed by atoms with Gasteiger partial charge in [0.1, 0.15) is 23.5 Å². The summed E-state index contributed by atoms with van der Waals surface area (Å²) in [6, 6.07) is 8.98. The molecule has 0 amide bonds. The summed E-state index contributed by atoms with van der Waals surface area (Å²) in [6.45, 7) is 1.52. The molecule has 100 valence electrons. The van der Waals surface area contributed by atoms with Crippen molar-refractivity contribution >= 4 is 0 Å². The molecule has 0 bridgehead atoms. The van der Waals surface area contributed by atoms with Gasteiger partial charge in [-0.2, -0.15) is 0 Å². The van der Waals surface area contributed by atoms with Crippen LogP contribution in [0.4, 0.5) is 8.78 Å². The fourth-order valence-electron chi connectivity index (χ4n) is 1.91. The van der Waals surface area contributed by atoms with Gasteiger partial charge in [-0.25, -0.2) is 8.78 Å². The molecule has 0 radical (unpaired) electrons. The van der Waals surface area contributed by atoms with Crippen molar-refractivity contribution in [1.82, 2.24) is 0 Å². The summed E-state index contributed by atoms with van der Waals surface area (Å²) in [7, 11) is 1.49. The first-order valence-corrected chi connectivity index (χ1v) is 5.81. The normalized spacial score (nSPS) is 12.3. The minimum Gasteiger partial charge on any atom is -0.497 e. The monoisotopic (exact) mass is 264 g/mol. The third-order valence-electron chi connectivity index (χ3n) is 3.00. The first-order chi connectivity index (χ1) is 9.04. The van der Waals surface area contributed by atoms with Crippen LogP contribution in [0.25, 0.3) is 0 Å². The first kappa shape index (κ1) is 13.5. The van der Waals surface area contributed by atoms with E-state index >= 15 is 0 Å². The molecule has 19 heavy (non-hydrogen) atoms. The maximum Gasteiger partial charge on any atom is 0.135 e. The molecule has 0 saturated heterocycles. The number of aliphatic hydroxyl groups excluding tert-OH is 1. The summed E-state index contributed by atoms with van der Waals surface area (Å²) in [6.07, 6.45) is -1.37. The van der Waals surface area contributed by atoms with E-state index in [0.717, 1.165) is 6.07 Å². The Morgan fingerprint density at radius 3 is 2.58 bits per heavy atom. The Hall–Kier alpha value is -1.94. The fraction of sp³-hybridized carbons (Fsp3) is 0.200. The second-order valence-corrected chi connectivity index (χ2v) is 4.27. The lowest BCUT2D eigenvalue weighted by atomic mass is 9.98. The Balaban J connectivity index is 2.49. The van der Waals surface area contributed by atoms with Gasteiger partial charge in [0.15, 0.2) is 0 Å². The van der Waals surface area contributed by atoms with Gasteiger partial charge in [-0.05, 0) is 36.2 Å². The van der Waals surface area contributed by atoms with Crippen molar-refractivity contribution in [1.29, 1.82) is 0 Å². The third kappa shape index (κ3) is 2.58. The summed E-state index contributed by atoms with van der Waals surface area (Å²) in [4.78, 5) is 0. The van der Waals surface area contributed by atoms with E-state index in [1.165, 1.54) is 20.1 Å². The van der Waals surface area contributed by atoms with Crippen LogP contribution in [0.1, 0.15) is 22.8 Å². The van der Waals surface area contributed by atoms with E-state index in [4.69, 9.17) is 4.74 Å². The van der Waals surface area contributed by atoms with E-state index in [9.17, 15) is 13.9 Å². The van der Waals surface area contributed by atoms with Crippen LogP contribution in [-0.4, -0.2) is 12.2 Å². The summed E-state index contributed by atoms with van der Waals surface area (Å²) in [5.41, 5.74) is 0.328. The standard InChI is InChI=1S/C15H14F2O2/c1-9-6-7-12(16)13(14(9)17)15(18)10-4-3-5-11(8-10)19-2/h3-8,15,18H,1-2H3. The number of rotatable bonds is 3. The molecule has 1 N–H and O–H groups in total. The molecule has 2 nitrogen and oxygen atoms in total. The zero-order valence-electron chi connectivity index (χ0n) is 10.7. The molecule has 0 fully saturated rings. The van der Waals surface area contributed by atoms with Crippen LogP contribution >= 0.6 is 0 Å². The Morgan fingerprint density at radius 1 is 1.16 bits per heavy atom. The van der Waals surface area contributed by atoms with Crippen LogP contribution in [0, 0.1) is 18.6 Å². The molecular formula is C15H14F2O2. The Bertz CT molecular complexity index is 597. The second-order valence-electron chi connectivity index (χ2n) is 4.27. The number of aryl methyl sites for hydroxylation is 1. The lowest BCUT2D eigenvalue weighted by Gasteiger charge is -2.15. The summed E-state index contributed by atoms with van der Waals surface area (Å²) in [5.74, 6) is -0.973.